The zero-order chi connectivity index (χ0) is 18.8. The molecule has 0 aliphatic carbocycles. The first-order valence-electron chi connectivity index (χ1n) is 8.41. The lowest BCUT2D eigenvalue weighted by molar-refractivity contribution is 0.102. The Bertz CT molecular complexity index is 1190. The van der Waals surface area contributed by atoms with Gasteiger partial charge in [-0.3, -0.25) is 4.79 Å². The molecule has 0 radical (unpaired) electrons. The molecule has 2 aromatic heterocycles. The van der Waals surface area contributed by atoms with E-state index < -0.39 is 11.5 Å². The van der Waals surface area contributed by atoms with E-state index in [2.05, 4.69) is 15.5 Å². The molecule has 0 bridgehead atoms. The van der Waals surface area contributed by atoms with E-state index in [-0.39, 0.29) is 5.56 Å². The van der Waals surface area contributed by atoms with Crippen molar-refractivity contribution in [1.29, 1.82) is 0 Å². The van der Waals surface area contributed by atoms with E-state index in [1.807, 2.05) is 19.1 Å². The maximum absolute atomic E-state index is 12.6. The van der Waals surface area contributed by atoms with Gasteiger partial charge in [-0.2, -0.15) is 4.98 Å². The van der Waals surface area contributed by atoms with Crippen LogP contribution in [-0.2, 0) is 6.42 Å². The highest BCUT2D eigenvalue weighted by molar-refractivity contribution is 6.05. The Morgan fingerprint density at radius 3 is 2.78 bits per heavy atom. The van der Waals surface area contributed by atoms with E-state index in [1.165, 1.54) is 6.07 Å². The van der Waals surface area contributed by atoms with Crippen LogP contribution < -0.4 is 10.9 Å². The van der Waals surface area contributed by atoms with Gasteiger partial charge >= 0.3 is 5.63 Å². The topological polar surface area (TPSA) is 98.2 Å². The number of aryl methyl sites for hydroxylation is 1. The number of amides is 1. The SMILES string of the molecule is CCc1nc(-c2cccc(NC(=O)c3cc4ccccc4oc3=O)c2)no1. The van der Waals surface area contributed by atoms with Crippen molar-refractivity contribution in [2.75, 3.05) is 5.32 Å². The number of carbonyl (C=O) groups excluding carboxylic acids is 1. The van der Waals surface area contributed by atoms with Gasteiger partial charge in [-0.1, -0.05) is 42.4 Å². The summed E-state index contributed by atoms with van der Waals surface area (Å²) in [4.78, 5) is 29.0. The van der Waals surface area contributed by atoms with Crippen LogP contribution in [0.5, 0.6) is 0 Å². The third kappa shape index (κ3) is 3.35. The summed E-state index contributed by atoms with van der Waals surface area (Å²) in [5.41, 5.74) is 0.889. The minimum atomic E-state index is -0.687. The molecule has 0 fully saturated rings. The molecule has 0 saturated heterocycles. The van der Waals surface area contributed by atoms with Crippen LogP contribution in [0, 0.1) is 0 Å². The van der Waals surface area contributed by atoms with E-state index in [9.17, 15) is 9.59 Å². The largest absolute Gasteiger partial charge is 0.422 e. The fourth-order valence-corrected chi connectivity index (χ4v) is 2.67. The minimum Gasteiger partial charge on any atom is -0.422 e. The van der Waals surface area contributed by atoms with Crippen LogP contribution in [0.15, 0.2) is 68.3 Å². The summed E-state index contributed by atoms with van der Waals surface area (Å²) in [5.74, 6) is 0.426. The number of anilines is 1. The Kier molecular flexibility index (Phi) is 4.25. The molecule has 134 valence electrons. The number of hydrogen-bond donors (Lipinski definition) is 1. The monoisotopic (exact) mass is 361 g/mol. The van der Waals surface area contributed by atoms with Gasteiger partial charge < -0.3 is 14.3 Å². The van der Waals surface area contributed by atoms with Gasteiger partial charge in [-0.25, -0.2) is 4.79 Å². The molecule has 1 amide bonds. The van der Waals surface area contributed by atoms with Gasteiger partial charge in [0.1, 0.15) is 11.1 Å². The summed E-state index contributed by atoms with van der Waals surface area (Å²) in [6.45, 7) is 1.92. The van der Waals surface area contributed by atoms with E-state index in [0.717, 1.165) is 0 Å². The van der Waals surface area contributed by atoms with E-state index in [1.54, 1.807) is 36.4 Å². The number of carbonyl (C=O) groups is 1. The van der Waals surface area contributed by atoms with Crippen molar-refractivity contribution in [3.05, 3.63) is 76.5 Å². The van der Waals surface area contributed by atoms with Gasteiger partial charge in [-0.05, 0) is 24.3 Å². The molecule has 27 heavy (non-hydrogen) atoms. The molecule has 0 aliphatic rings. The first kappa shape index (κ1) is 16.7. The maximum atomic E-state index is 12.6. The number of benzene rings is 2. The fraction of sp³-hybridized carbons (Fsp3) is 0.100. The van der Waals surface area contributed by atoms with Gasteiger partial charge in [-0.15, -0.1) is 0 Å². The third-order valence-electron chi connectivity index (χ3n) is 4.04. The van der Waals surface area contributed by atoms with Gasteiger partial charge in [0.25, 0.3) is 5.91 Å². The normalized spacial score (nSPS) is 10.9. The highest BCUT2D eigenvalue weighted by atomic mass is 16.5. The smallest absolute Gasteiger partial charge is 0.349 e. The van der Waals surface area contributed by atoms with Crippen molar-refractivity contribution in [2.45, 2.75) is 13.3 Å². The third-order valence-corrected chi connectivity index (χ3v) is 4.04. The lowest BCUT2D eigenvalue weighted by Crippen LogP contribution is -2.20. The average molecular weight is 361 g/mol. The summed E-state index contributed by atoms with van der Waals surface area (Å²) in [7, 11) is 0. The summed E-state index contributed by atoms with van der Waals surface area (Å²) in [6, 6.07) is 15.5. The Morgan fingerprint density at radius 1 is 1.11 bits per heavy atom. The molecule has 0 unspecified atom stereocenters. The van der Waals surface area contributed by atoms with E-state index in [0.29, 0.717) is 40.4 Å². The molecule has 0 atom stereocenters. The number of nitrogens with one attached hydrogen (secondary N) is 1. The Labute approximate surface area is 153 Å². The van der Waals surface area contributed by atoms with Crippen molar-refractivity contribution >= 4 is 22.6 Å². The first-order chi connectivity index (χ1) is 13.1. The zero-order valence-corrected chi connectivity index (χ0v) is 14.4. The van der Waals surface area contributed by atoms with Crippen LogP contribution in [-0.4, -0.2) is 16.0 Å². The van der Waals surface area contributed by atoms with Gasteiger partial charge in [0.05, 0.1) is 0 Å². The fourth-order valence-electron chi connectivity index (χ4n) is 2.67. The van der Waals surface area contributed by atoms with Gasteiger partial charge in [0, 0.05) is 23.1 Å². The predicted octanol–water partition coefficient (Wildman–Crippen LogP) is 3.66. The quantitative estimate of drug-likeness (QED) is 0.557. The Balaban J connectivity index is 1.62. The summed E-state index contributed by atoms with van der Waals surface area (Å²) < 4.78 is 10.3. The van der Waals surface area contributed by atoms with Crippen molar-refractivity contribution in [2.24, 2.45) is 0 Å². The van der Waals surface area contributed by atoms with Gasteiger partial charge in [0.2, 0.25) is 11.7 Å². The second-order valence-corrected chi connectivity index (χ2v) is 5.89. The predicted molar refractivity (Wildman–Crippen MR) is 99.5 cm³/mol. The van der Waals surface area contributed by atoms with Crippen LogP contribution in [0.2, 0.25) is 0 Å². The molecule has 0 spiro atoms. The Hall–Kier alpha value is -3.74. The molecular formula is C20H15N3O4. The second kappa shape index (κ2) is 6.87. The summed E-state index contributed by atoms with van der Waals surface area (Å²) in [6.07, 6.45) is 0.640. The number of aromatic nitrogens is 2. The molecule has 4 rings (SSSR count). The molecule has 2 heterocycles. The standard InChI is InChI=1S/C20H15N3O4/c1-2-17-22-18(23-27-17)13-7-5-8-14(10-13)21-19(24)15-11-12-6-3-4-9-16(12)26-20(15)25/h3-11H,2H2,1H3,(H,21,24). The zero-order valence-electron chi connectivity index (χ0n) is 14.4. The number of rotatable bonds is 4. The summed E-state index contributed by atoms with van der Waals surface area (Å²) >= 11 is 0. The maximum Gasteiger partial charge on any atom is 0.349 e. The van der Waals surface area contributed by atoms with Crippen LogP contribution in [0.25, 0.3) is 22.4 Å². The number of nitrogens with zero attached hydrogens (tertiary/aromatic N) is 2. The molecule has 0 saturated carbocycles. The van der Waals surface area contributed by atoms with Crippen LogP contribution >= 0.6 is 0 Å². The van der Waals surface area contributed by atoms with Crippen molar-refractivity contribution in [1.82, 2.24) is 10.1 Å². The number of para-hydroxylation sites is 1. The van der Waals surface area contributed by atoms with Gasteiger partial charge in [0.15, 0.2) is 0 Å². The van der Waals surface area contributed by atoms with Crippen molar-refractivity contribution in [3.63, 3.8) is 0 Å². The lowest BCUT2D eigenvalue weighted by Gasteiger charge is -2.06. The average Bonchev–Trinajstić information content (AvgIpc) is 3.17. The molecule has 4 aromatic rings. The first-order valence-corrected chi connectivity index (χ1v) is 8.41. The molecular weight excluding hydrogens is 346 g/mol. The van der Waals surface area contributed by atoms with Crippen molar-refractivity contribution in [3.8, 4) is 11.4 Å². The molecule has 2 aromatic carbocycles. The highest BCUT2D eigenvalue weighted by Gasteiger charge is 2.15. The van der Waals surface area contributed by atoms with Crippen molar-refractivity contribution < 1.29 is 13.7 Å². The molecule has 7 nitrogen and oxygen atoms in total. The number of hydrogen-bond acceptors (Lipinski definition) is 6. The van der Waals surface area contributed by atoms with E-state index in [4.69, 9.17) is 8.94 Å². The van der Waals surface area contributed by atoms with Crippen LogP contribution in [0.4, 0.5) is 5.69 Å². The summed E-state index contributed by atoms with van der Waals surface area (Å²) in [5, 5.41) is 7.31. The highest BCUT2D eigenvalue weighted by Crippen LogP contribution is 2.21. The second-order valence-electron chi connectivity index (χ2n) is 5.89. The van der Waals surface area contributed by atoms with Crippen LogP contribution in [0.1, 0.15) is 23.2 Å². The number of fused-ring (bicyclic) bond motifs is 1. The molecule has 1 N–H and O–H groups in total. The minimum absolute atomic E-state index is 0.0630. The Morgan fingerprint density at radius 2 is 1.96 bits per heavy atom. The molecule has 0 aliphatic heterocycles. The lowest BCUT2D eigenvalue weighted by atomic mass is 10.1. The molecule has 7 heteroatoms. The van der Waals surface area contributed by atoms with Crippen LogP contribution in [0.3, 0.4) is 0 Å². The van der Waals surface area contributed by atoms with E-state index >= 15 is 0 Å².